The number of phenols is 1. The van der Waals surface area contributed by atoms with E-state index in [-0.39, 0.29) is 18.2 Å². The molecule has 0 bridgehead atoms. The number of hydrogen-bond acceptors (Lipinski definition) is 5. The second-order valence-electron chi connectivity index (χ2n) is 7.78. The van der Waals surface area contributed by atoms with Crippen molar-refractivity contribution in [2.75, 3.05) is 11.9 Å². The van der Waals surface area contributed by atoms with Gasteiger partial charge in [0.2, 0.25) is 5.91 Å². The molecule has 3 aromatic rings. The predicted octanol–water partition coefficient (Wildman–Crippen LogP) is 3.85. The van der Waals surface area contributed by atoms with E-state index in [1.54, 1.807) is 0 Å². The Morgan fingerprint density at radius 2 is 1.59 bits per heavy atom. The lowest BCUT2D eigenvalue weighted by Gasteiger charge is -2.19. The molecule has 3 aromatic carbocycles. The molecule has 0 saturated carbocycles. The number of carbonyl (C=O) groups excluding carboxylic acids is 2. The van der Waals surface area contributed by atoms with Gasteiger partial charge >= 0.3 is 12.1 Å². The average molecular weight is 464 g/mol. The SMILES string of the molecule is O=C(O)CC(NC(=O)OCC1c2ccccc2-c2ccccc21)C(=O)Nc1ccc(O)c(F)c1. The summed E-state index contributed by atoms with van der Waals surface area (Å²) in [5.74, 6) is -3.96. The number of benzene rings is 3. The molecular formula is C25H21FN2O6. The van der Waals surface area contributed by atoms with Crippen LogP contribution in [-0.4, -0.2) is 40.8 Å². The molecule has 4 N–H and O–H groups in total. The molecule has 8 nitrogen and oxygen atoms in total. The van der Waals surface area contributed by atoms with Gasteiger partial charge in [-0.2, -0.15) is 0 Å². The minimum Gasteiger partial charge on any atom is -0.505 e. The van der Waals surface area contributed by atoms with Gasteiger partial charge in [-0.05, 0) is 34.4 Å². The Bertz CT molecular complexity index is 1220. The summed E-state index contributed by atoms with van der Waals surface area (Å²) in [7, 11) is 0. The number of ether oxygens (including phenoxy) is 1. The standard InChI is InChI=1S/C25H21FN2O6/c26-20-11-14(9-10-22(20)29)27-24(32)21(12-23(30)31)28-25(33)34-13-19-17-7-3-1-5-15(17)16-6-2-4-8-18(16)19/h1-11,19,21,29H,12-13H2,(H,27,32)(H,28,33)(H,30,31). The molecule has 0 aliphatic heterocycles. The molecule has 1 atom stereocenters. The third-order valence-corrected chi connectivity index (χ3v) is 5.55. The van der Waals surface area contributed by atoms with Gasteiger partial charge in [0.15, 0.2) is 11.6 Å². The molecule has 4 rings (SSSR count). The van der Waals surface area contributed by atoms with Crippen LogP contribution in [0.5, 0.6) is 5.75 Å². The number of amides is 2. The number of hydrogen-bond donors (Lipinski definition) is 4. The minimum absolute atomic E-state index is 0.00924. The van der Waals surface area contributed by atoms with Gasteiger partial charge in [0.05, 0.1) is 6.42 Å². The highest BCUT2D eigenvalue weighted by molar-refractivity contribution is 5.98. The van der Waals surface area contributed by atoms with Crippen LogP contribution >= 0.6 is 0 Å². The summed E-state index contributed by atoms with van der Waals surface area (Å²) >= 11 is 0. The molecular weight excluding hydrogens is 443 g/mol. The maximum Gasteiger partial charge on any atom is 0.407 e. The number of nitrogens with one attached hydrogen (secondary N) is 2. The van der Waals surface area contributed by atoms with Crippen molar-refractivity contribution in [1.82, 2.24) is 5.32 Å². The molecule has 2 amide bonds. The third-order valence-electron chi connectivity index (χ3n) is 5.55. The van der Waals surface area contributed by atoms with Crippen molar-refractivity contribution >= 4 is 23.7 Å². The van der Waals surface area contributed by atoms with Crippen molar-refractivity contribution in [3.05, 3.63) is 83.7 Å². The molecule has 1 aliphatic rings. The van der Waals surface area contributed by atoms with Crippen LogP contribution in [0.2, 0.25) is 0 Å². The van der Waals surface area contributed by atoms with E-state index in [1.165, 1.54) is 6.07 Å². The normalized spacial score (nSPS) is 12.9. The number of alkyl carbamates (subject to hydrolysis) is 1. The molecule has 0 radical (unpaired) electrons. The minimum atomic E-state index is -1.47. The summed E-state index contributed by atoms with van der Waals surface area (Å²) in [6.45, 7) is -0.00948. The van der Waals surface area contributed by atoms with Gasteiger partial charge in [0.25, 0.3) is 0 Å². The number of aromatic hydroxyl groups is 1. The molecule has 1 unspecified atom stereocenters. The Morgan fingerprint density at radius 1 is 0.971 bits per heavy atom. The van der Waals surface area contributed by atoms with E-state index < -0.39 is 42.0 Å². The van der Waals surface area contributed by atoms with E-state index in [2.05, 4.69) is 10.6 Å². The molecule has 34 heavy (non-hydrogen) atoms. The van der Waals surface area contributed by atoms with Crippen LogP contribution in [0.4, 0.5) is 14.9 Å². The van der Waals surface area contributed by atoms with Crippen molar-refractivity contribution in [2.24, 2.45) is 0 Å². The van der Waals surface area contributed by atoms with Crippen molar-refractivity contribution in [2.45, 2.75) is 18.4 Å². The second-order valence-corrected chi connectivity index (χ2v) is 7.78. The van der Waals surface area contributed by atoms with Gasteiger partial charge in [0, 0.05) is 17.7 Å². The van der Waals surface area contributed by atoms with E-state index in [4.69, 9.17) is 9.84 Å². The Labute approximate surface area is 194 Å². The number of phenolic OH excluding ortho intramolecular Hbond substituents is 1. The topological polar surface area (TPSA) is 125 Å². The molecule has 1 aliphatic carbocycles. The molecule has 0 aromatic heterocycles. The lowest BCUT2D eigenvalue weighted by Crippen LogP contribution is -2.45. The maximum absolute atomic E-state index is 13.5. The first-order chi connectivity index (χ1) is 16.3. The highest BCUT2D eigenvalue weighted by Gasteiger charge is 2.30. The average Bonchev–Trinajstić information content (AvgIpc) is 3.13. The van der Waals surface area contributed by atoms with Gasteiger partial charge in [-0.1, -0.05) is 48.5 Å². The Balaban J connectivity index is 1.43. The number of halogens is 1. The predicted molar refractivity (Wildman–Crippen MR) is 121 cm³/mol. The first-order valence-electron chi connectivity index (χ1n) is 10.5. The van der Waals surface area contributed by atoms with Crippen LogP contribution < -0.4 is 10.6 Å². The third kappa shape index (κ3) is 4.83. The fourth-order valence-corrected chi connectivity index (χ4v) is 3.98. The van der Waals surface area contributed by atoms with Gasteiger partial charge in [-0.25, -0.2) is 9.18 Å². The summed E-state index contributed by atoms with van der Waals surface area (Å²) < 4.78 is 18.9. The van der Waals surface area contributed by atoms with Crippen LogP contribution in [-0.2, 0) is 14.3 Å². The Hall–Kier alpha value is -4.40. The molecule has 174 valence electrons. The van der Waals surface area contributed by atoms with Gasteiger partial charge < -0.3 is 25.6 Å². The molecule has 0 spiro atoms. The van der Waals surface area contributed by atoms with Gasteiger partial charge in [-0.3, -0.25) is 9.59 Å². The molecule has 9 heteroatoms. The number of rotatable bonds is 7. The molecule has 0 fully saturated rings. The number of carboxylic acids is 1. The zero-order chi connectivity index (χ0) is 24.2. The first kappa shape index (κ1) is 22.8. The smallest absolute Gasteiger partial charge is 0.407 e. The highest BCUT2D eigenvalue weighted by atomic mass is 19.1. The molecule has 0 saturated heterocycles. The van der Waals surface area contributed by atoms with Crippen LogP contribution in [0.15, 0.2) is 66.7 Å². The van der Waals surface area contributed by atoms with E-state index in [0.29, 0.717) is 0 Å². The van der Waals surface area contributed by atoms with E-state index in [9.17, 15) is 23.9 Å². The lowest BCUT2D eigenvalue weighted by molar-refractivity contribution is -0.139. The lowest BCUT2D eigenvalue weighted by atomic mass is 9.98. The summed E-state index contributed by atoms with van der Waals surface area (Å²) in [5, 5.41) is 23.0. The number of aliphatic carboxylic acids is 1. The fourth-order valence-electron chi connectivity index (χ4n) is 3.98. The summed E-state index contributed by atoms with van der Waals surface area (Å²) in [6, 6.07) is 17.2. The second kappa shape index (κ2) is 9.62. The van der Waals surface area contributed by atoms with Crippen molar-refractivity contribution in [3.63, 3.8) is 0 Å². The van der Waals surface area contributed by atoms with Gasteiger partial charge in [-0.15, -0.1) is 0 Å². The van der Waals surface area contributed by atoms with Crippen LogP contribution in [0.1, 0.15) is 23.5 Å². The van der Waals surface area contributed by atoms with Crippen molar-refractivity contribution < 1.29 is 33.7 Å². The van der Waals surface area contributed by atoms with Crippen molar-refractivity contribution in [3.8, 4) is 16.9 Å². The first-order valence-corrected chi connectivity index (χ1v) is 10.5. The maximum atomic E-state index is 13.5. The zero-order valence-corrected chi connectivity index (χ0v) is 17.8. The summed E-state index contributed by atoms with van der Waals surface area (Å²) in [5.41, 5.74) is 4.11. The highest BCUT2D eigenvalue weighted by Crippen LogP contribution is 2.44. The van der Waals surface area contributed by atoms with E-state index >= 15 is 0 Å². The Kier molecular flexibility index (Phi) is 6.44. The van der Waals surface area contributed by atoms with Crippen LogP contribution in [0, 0.1) is 5.82 Å². The number of carboxylic acid groups (broad SMARTS) is 1. The largest absolute Gasteiger partial charge is 0.505 e. The Morgan fingerprint density at radius 3 is 2.18 bits per heavy atom. The zero-order valence-electron chi connectivity index (χ0n) is 17.8. The quantitative estimate of drug-likeness (QED) is 0.394. The molecule has 0 heterocycles. The van der Waals surface area contributed by atoms with E-state index in [0.717, 1.165) is 34.4 Å². The van der Waals surface area contributed by atoms with E-state index in [1.807, 2.05) is 48.5 Å². The fraction of sp³-hybridized carbons (Fsp3) is 0.160. The number of anilines is 1. The summed E-state index contributed by atoms with van der Waals surface area (Å²) in [4.78, 5) is 36.2. The van der Waals surface area contributed by atoms with Crippen LogP contribution in [0.3, 0.4) is 0 Å². The van der Waals surface area contributed by atoms with Crippen molar-refractivity contribution in [1.29, 1.82) is 0 Å². The summed E-state index contributed by atoms with van der Waals surface area (Å²) in [6.07, 6.45) is -1.67. The monoisotopic (exact) mass is 464 g/mol. The number of carbonyl (C=O) groups is 3. The van der Waals surface area contributed by atoms with Crippen LogP contribution in [0.25, 0.3) is 11.1 Å². The number of fused-ring (bicyclic) bond motifs is 3. The van der Waals surface area contributed by atoms with Gasteiger partial charge in [0.1, 0.15) is 12.6 Å².